The van der Waals surface area contributed by atoms with Crippen molar-refractivity contribution in [3.63, 3.8) is 0 Å². The van der Waals surface area contributed by atoms with Gasteiger partial charge in [-0.3, -0.25) is 24.3 Å². The Kier molecular flexibility index (Phi) is 7.33. The Morgan fingerprint density at radius 1 is 1.18 bits per heavy atom. The van der Waals surface area contributed by atoms with E-state index in [0.717, 1.165) is 6.07 Å². The molecule has 0 atom stereocenters. The van der Waals surface area contributed by atoms with Crippen molar-refractivity contribution in [1.82, 2.24) is 4.57 Å². The molecule has 0 saturated heterocycles. The summed E-state index contributed by atoms with van der Waals surface area (Å²) >= 11 is 0. The van der Waals surface area contributed by atoms with E-state index in [0.29, 0.717) is 11.2 Å². The van der Waals surface area contributed by atoms with Gasteiger partial charge in [-0.15, -0.1) is 0 Å². The maximum atomic E-state index is 12.1. The SMILES string of the molecule is O=C(COC(=O)CCCn1c(=O)oc2cc([N+](=O)[O-])ccc21)Nc1ccc(OC(F)F)cc1. The molecule has 174 valence electrons. The number of non-ortho nitro benzene ring substituents is 1. The fourth-order valence-electron chi connectivity index (χ4n) is 2.90. The normalized spacial score (nSPS) is 10.9. The number of aryl methyl sites for hydroxylation is 1. The van der Waals surface area contributed by atoms with Gasteiger partial charge in [0, 0.05) is 24.7 Å². The number of carbonyl (C=O) groups is 2. The standard InChI is InChI=1S/C20H17F2N3O8/c21-19(22)32-14-6-3-12(4-7-14)23-17(26)11-31-18(27)2-1-9-24-15-8-5-13(25(29)30)10-16(15)33-20(24)28/h3-8,10,19H,1-2,9,11H2,(H,23,26). The topological polar surface area (TPSA) is 143 Å². The molecule has 0 saturated carbocycles. The molecule has 0 radical (unpaired) electrons. The van der Waals surface area contributed by atoms with Gasteiger partial charge in [0.2, 0.25) is 0 Å². The van der Waals surface area contributed by atoms with Crippen molar-refractivity contribution in [1.29, 1.82) is 0 Å². The second kappa shape index (κ2) is 10.3. The molecule has 3 rings (SSSR count). The molecule has 0 aliphatic rings. The number of halogens is 2. The molecule has 11 nitrogen and oxygen atoms in total. The van der Waals surface area contributed by atoms with Gasteiger partial charge in [0.1, 0.15) is 5.75 Å². The zero-order chi connectivity index (χ0) is 24.0. The van der Waals surface area contributed by atoms with Crippen LogP contribution in [-0.4, -0.2) is 34.6 Å². The number of rotatable bonds is 10. The zero-order valence-electron chi connectivity index (χ0n) is 16.9. The minimum atomic E-state index is -2.96. The van der Waals surface area contributed by atoms with Crippen LogP contribution in [0.25, 0.3) is 11.1 Å². The minimum absolute atomic E-state index is 0.0576. The Balaban J connectivity index is 1.44. The first kappa shape index (κ1) is 23.4. The van der Waals surface area contributed by atoms with E-state index < -0.39 is 35.8 Å². The van der Waals surface area contributed by atoms with Crippen molar-refractivity contribution >= 4 is 34.4 Å². The Morgan fingerprint density at radius 3 is 2.58 bits per heavy atom. The van der Waals surface area contributed by atoms with E-state index in [1.807, 2.05) is 0 Å². The van der Waals surface area contributed by atoms with Gasteiger partial charge >= 0.3 is 18.3 Å². The number of anilines is 1. The number of hydrogen-bond acceptors (Lipinski definition) is 8. The summed E-state index contributed by atoms with van der Waals surface area (Å²) in [5.41, 5.74) is 0.484. The highest BCUT2D eigenvalue weighted by atomic mass is 19.3. The molecule has 0 aliphatic carbocycles. The molecule has 1 heterocycles. The number of amides is 1. The molecular weight excluding hydrogens is 448 g/mol. The van der Waals surface area contributed by atoms with E-state index in [9.17, 15) is 33.3 Å². The Labute approximate surface area is 183 Å². The number of hydrogen-bond donors (Lipinski definition) is 1. The van der Waals surface area contributed by atoms with Gasteiger partial charge in [-0.1, -0.05) is 0 Å². The number of nitrogens with zero attached hydrogens (tertiary/aromatic N) is 2. The van der Waals surface area contributed by atoms with E-state index in [1.165, 1.54) is 41.0 Å². The second-order valence-corrected chi connectivity index (χ2v) is 6.64. The minimum Gasteiger partial charge on any atom is -0.456 e. The van der Waals surface area contributed by atoms with Crippen LogP contribution in [0, 0.1) is 10.1 Å². The molecule has 3 aromatic rings. The van der Waals surface area contributed by atoms with Gasteiger partial charge in [-0.05, 0) is 36.8 Å². The number of fused-ring (bicyclic) bond motifs is 1. The van der Waals surface area contributed by atoms with Crippen LogP contribution in [0.4, 0.5) is 20.2 Å². The molecule has 0 unspecified atom stereocenters. The summed E-state index contributed by atoms with van der Waals surface area (Å²) < 4.78 is 39.5. The van der Waals surface area contributed by atoms with E-state index in [1.54, 1.807) is 0 Å². The van der Waals surface area contributed by atoms with Crippen LogP contribution in [0.15, 0.2) is 51.7 Å². The summed E-state index contributed by atoms with van der Waals surface area (Å²) in [7, 11) is 0. The van der Waals surface area contributed by atoms with Crippen LogP contribution in [0.1, 0.15) is 12.8 Å². The summed E-state index contributed by atoms with van der Waals surface area (Å²) in [5, 5.41) is 13.2. The lowest BCUT2D eigenvalue weighted by Gasteiger charge is -2.08. The van der Waals surface area contributed by atoms with Crippen molar-refractivity contribution in [2.24, 2.45) is 0 Å². The molecular formula is C20H17F2N3O8. The largest absolute Gasteiger partial charge is 0.456 e. The summed E-state index contributed by atoms with van der Waals surface area (Å²) in [6, 6.07) is 8.94. The predicted octanol–water partition coefficient (Wildman–Crippen LogP) is 3.07. The molecule has 0 aliphatic heterocycles. The third-order valence-corrected chi connectivity index (χ3v) is 4.35. The van der Waals surface area contributed by atoms with Gasteiger partial charge in [-0.25, -0.2) is 4.79 Å². The summed E-state index contributed by atoms with van der Waals surface area (Å²) in [6.45, 7) is -3.43. The first-order valence-corrected chi connectivity index (χ1v) is 9.51. The number of oxazole rings is 1. The number of aromatic nitrogens is 1. The predicted molar refractivity (Wildman–Crippen MR) is 109 cm³/mol. The smallest absolute Gasteiger partial charge is 0.419 e. The quantitative estimate of drug-likeness (QED) is 0.273. The first-order chi connectivity index (χ1) is 15.7. The Bertz CT molecular complexity index is 1220. The lowest BCUT2D eigenvalue weighted by molar-refractivity contribution is -0.384. The molecule has 1 amide bonds. The number of nitrogens with one attached hydrogen (secondary N) is 1. The number of nitro groups is 1. The Hall–Kier alpha value is -4.29. The maximum Gasteiger partial charge on any atom is 0.419 e. The van der Waals surface area contributed by atoms with Crippen LogP contribution in [0.3, 0.4) is 0 Å². The number of ether oxygens (including phenoxy) is 2. The highest BCUT2D eigenvalue weighted by Gasteiger charge is 2.15. The number of nitro benzene ring substituents is 1. The molecule has 13 heteroatoms. The van der Waals surface area contributed by atoms with Crippen molar-refractivity contribution in [3.8, 4) is 5.75 Å². The number of carbonyl (C=O) groups excluding carboxylic acids is 2. The van der Waals surface area contributed by atoms with Crippen molar-refractivity contribution in [2.75, 3.05) is 11.9 Å². The molecule has 1 N–H and O–H groups in total. The lowest BCUT2D eigenvalue weighted by atomic mass is 10.2. The van der Waals surface area contributed by atoms with Gasteiger partial charge in [-0.2, -0.15) is 8.78 Å². The van der Waals surface area contributed by atoms with Crippen molar-refractivity contribution in [3.05, 3.63) is 63.1 Å². The van der Waals surface area contributed by atoms with Gasteiger partial charge in [0.15, 0.2) is 12.2 Å². The molecule has 1 aromatic heterocycles. The van der Waals surface area contributed by atoms with Crippen LogP contribution in [0.2, 0.25) is 0 Å². The van der Waals surface area contributed by atoms with E-state index in [4.69, 9.17) is 9.15 Å². The van der Waals surface area contributed by atoms with Crippen LogP contribution in [-0.2, 0) is 20.9 Å². The number of alkyl halides is 2. The average Bonchev–Trinajstić information content (AvgIpc) is 3.07. The summed E-state index contributed by atoms with van der Waals surface area (Å²) in [5.74, 6) is -2.10. The Morgan fingerprint density at radius 2 is 1.91 bits per heavy atom. The molecule has 33 heavy (non-hydrogen) atoms. The highest BCUT2D eigenvalue weighted by Crippen LogP contribution is 2.20. The third-order valence-electron chi connectivity index (χ3n) is 4.35. The third kappa shape index (κ3) is 6.35. The molecule has 0 fully saturated rings. The first-order valence-electron chi connectivity index (χ1n) is 9.51. The summed E-state index contributed by atoms with van der Waals surface area (Å²) in [6.07, 6.45) is 0.0939. The van der Waals surface area contributed by atoms with E-state index >= 15 is 0 Å². The van der Waals surface area contributed by atoms with Crippen LogP contribution in [0.5, 0.6) is 5.75 Å². The van der Waals surface area contributed by atoms with Crippen LogP contribution < -0.4 is 15.8 Å². The number of esters is 1. The fraction of sp³-hybridized carbons (Fsp3) is 0.250. The van der Waals surface area contributed by atoms with Gasteiger partial charge < -0.3 is 19.2 Å². The fourth-order valence-corrected chi connectivity index (χ4v) is 2.90. The van der Waals surface area contributed by atoms with E-state index in [2.05, 4.69) is 10.1 Å². The highest BCUT2D eigenvalue weighted by molar-refractivity contribution is 5.92. The molecule has 2 aromatic carbocycles. The summed E-state index contributed by atoms with van der Waals surface area (Å²) in [4.78, 5) is 45.9. The van der Waals surface area contributed by atoms with Gasteiger partial charge in [0.25, 0.3) is 11.6 Å². The maximum absolute atomic E-state index is 12.1. The lowest BCUT2D eigenvalue weighted by Crippen LogP contribution is -2.21. The molecule has 0 bridgehead atoms. The van der Waals surface area contributed by atoms with Crippen molar-refractivity contribution in [2.45, 2.75) is 26.0 Å². The van der Waals surface area contributed by atoms with Crippen LogP contribution >= 0.6 is 0 Å². The van der Waals surface area contributed by atoms with E-state index in [-0.39, 0.29) is 36.4 Å². The van der Waals surface area contributed by atoms with Crippen molar-refractivity contribution < 1.29 is 37.2 Å². The monoisotopic (exact) mass is 465 g/mol. The number of benzene rings is 2. The zero-order valence-corrected chi connectivity index (χ0v) is 16.9. The molecule has 0 spiro atoms. The second-order valence-electron chi connectivity index (χ2n) is 6.64. The van der Waals surface area contributed by atoms with Gasteiger partial charge in [0.05, 0.1) is 16.5 Å². The average molecular weight is 465 g/mol.